The van der Waals surface area contributed by atoms with Crippen LogP contribution in [0.15, 0.2) is 72.9 Å². The minimum absolute atomic E-state index is 0.0448. The van der Waals surface area contributed by atoms with Crippen molar-refractivity contribution in [3.05, 3.63) is 78.6 Å². The molecular weight excluding hydrogens is 402 g/mol. The van der Waals surface area contributed by atoms with Gasteiger partial charge in [-0.3, -0.25) is 9.78 Å². The Hall–Kier alpha value is -4.00. The van der Waals surface area contributed by atoms with Crippen LogP contribution in [0, 0.1) is 0 Å². The highest BCUT2D eigenvalue weighted by Crippen LogP contribution is 2.29. The quantitative estimate of drug-likeness (QED) is 0.522. The van der Waals surface area contributed by atoms with E-state index < -0.39 is 5.91 Å². The largest absolute Gasteiger partial charge is 0.490 e. The van der Waals surface area contributed by atoms with Crippen LogP contribution in [-0.4, -0.2) is 40.1 Å². The maximum atomic E-state index is 11.4. The van der Waals surface area contributed by atoms with Crippen LogP contribution in [0.25, 0.3) is 22.2 Å². The number of pyridine rings is 1. The van der Waals surface area contributed by atoms with Crippen molar-refractivity contribution in [3.8, 4) is 17.0 Å². The third-order valence-electron chi connectivity index (χ3n) is 5.65. The lowest BCUT2D eigenvalue weighted by Crippen LogP contribution is -2.39. The maximum absolute atomic E-state index is 11.4. The van der Waals surface area contributed by atoms with Gasteiger partial charge < -0.3 is 15.4 Å². The van der Waals surface area contributed by atoms with Gasteiger partial charge in [0, 0.05) is 49.1 Å². The first-order chi connectivity index (χ1) is 15.7. The molecule has 4 aromatic rings. The summed E-state index contributed by atoms with van der Waals surface area (Å²) in [7, 11) is 0. The molecule has 1 aliphatic heterocycles. The summed E-state index contributed by atoms with van der Waals surface area (Å²) in [5.74, 6) is 0.787. The van der Waals surface area contributed by atoms with Crippen molar-refractivity contribution in [2.45, 2.75) is 18.9 Å². The average molecular weight is 425 g/mol. The van der Waals surface area contributed by atoms with Gasteiger partial charge in [0.25, 0.3) is 5.91 Å². The van der Waals surface area contributed by atoms with Gasteiger partial charge in [-0.1, -0.05) is 48.5 Å². The number of para-hydroxylation sites is 1. The molecule has 0 spiro atoms. The zero-order valence-electron chi connectivity index (χ0n) is 17.5. The highest BCUT2D eigenvalue weighted by atomic mass is 16.5. The molecule has 1 aliphatic rings. The number of carbonyl (C=O) groups is 1. The molecule has 7 nitrogen and oxygen atoms in total. The first-order valence-electron chi connectivity index (χ1n) is 10.7. The number of hydrogen-bond donors (Lipinski definition) is 1. The predicted octanol–water partition coefficient (Wildman–Crippen LogP) is 3.84. The van der Waals surface area contributed by atoms with Crippen LogP contribution in [-0.2, 0) is 0 Å². The molecule has 0 saturated carbocycles. The molecule has 2 N–H and O–H groups in total. The lowest BCUT2D eigenvalue weighted by Gasteiger charge is -2.32. The Balaban J connectivity index is 1.35. The molecule has 0 aliphatic carbocycles. The highest BCUT2D eigenvalue weighted by Gasteiger charge is 2.24. The van der Waals surface area contributed by atoms with Crippen molar-refractivity contribution in [1.82, 2.24) is 15.0 Å². The predicted molar refractivity (Wildman–Crippen MR) is 124 cm³/mol. The molecule has 0 unspecified atom stereocenters. The summed E-state index contributed by atoms with van der Waals surface area (Å²) in [6, 6.07) is 21.7. The summed E-state index contributed by atoms with van der Waals surface area (Å²) in [5, 5.41) is 1.05. The van der Waals surface area contributed by atoms with Crippen LogP contribution in [0.3, 0.4) is 0 Å². The average Bonchev–Trinajstić information content (AvgIpc) is 2.84. The number of carbonyl (C=O) groups excluding carboxylic acids is 1. The number of ether oxygens (including phenoxy) is 1. The fraction of sp³-hybridized carbons (Fsp3) is 0.200. The molecule has 0 radical (unpaired) electrons. The highest BCUT2D eigenvalue weighted by molar-refractivity contribution is 5.93. The lowest BCUT2D eigenvalue weighted by molar-refractivity contribution is 0.0994. The Bertz CT molecular complexity index is 1250. The third kappa shape index (κ3) is 4.09. The van der Waals surface area contributed by atoms with Crippen molar-refractivity contribution in [3.63, 3.8) is 0 Å². The molecule has 160 valence electrons. The molecule has 32 heavy (non-hydrogen) atoms. The van der Waals surface area contributed by atoms with E-state index in [0.29, 0.717) is 5.75 Å². The molecule has 0 bridgehead atoms. The van der Waals surface area contributed by atoms with E-state index in [4.69, 9.17) is 20.4 Å². The Morgan fingerprint density at radius 2 is 1.72 bits per heavy atom. The zero-order valence-corrected chi connectivity index (χ0v) is 17.5. The van der Waals surface area contributed by atoms with Gasteiger partial charge in [0.2, 0.25) is 5.95 Å². The molecule has 7 heteroatoms. The topological polar surface area (TPSA) is 94.2 Å². The molecule has 1 saturated heterocycles. The van der Waals surface area contributed by atoms with Gasteiger partial charge in [-0.2, -0.15) is 0 Å². The van der Waals surface area contributed by atoms with E-state index in [0.717, 1.165) is 54.0 Å². The summed E-state index contributed by atoms with van der Waals surface area (Å²) in [4.78, 5) is 27.3. The Kier molecular flexibility index (Phi) is 5.37. The zero-order chi connectivity index (χ0) is 21.9. The minimum Gasteiger partial charge on any atom is -0.490 e. The number of primary amides is 1. The Morgan fingerprint density at radius 3 is 2.50 bits per heavy atom. The molecular formula is C25H23N5O2. The van der Waals surface area contributed by atoms with E-state index in [1.165, 1.54) is 0 Å². The van der Waals surface area contributed by atoms with E-state index in [1.54, 1.807) is 18.3 Å². The van der Waals surface area contributed by atoms with Crippen LogP contribution in [0.2, 0.25) is 0 Å². The number of piperidine rings is 1. The van der Waals surface area contributed by atoms with Gasteiger partial charge in [-0.25, -0.2) is 9.97 Å². The van der Waals surface area contributed by atoms with E-state index in [9.17, 15) is 4.79 Å². The second kappa shape index (κ2) is 8.63. The molecule has 0 atom stereocenters. The minimum atomic E-state index is -0.562. The van der Waals surface area contributed by atoms with Crippen LogP contribution in [0.4, 0.5) is 5.95 Å². The molecule has 2 aromatic carbocycles. The van der Waals surface area contributed by atoms with Gasteiger partial charge in [0.1, 0.15) is 17.5 Å². The number of anilines is 1. The summed E-state index contributed by atoms with van der Waals surface area (Å²) in [6.45, 7) is 1.57. The monoisotopic (exact) mass is 425 g/mol. The van der Waals surface area contributed by atoms with E-state index >= 15 is 0 Å². The van der Waals surface area contributed by atoms with E-state index in [-0.39, 0.29) is 11.8 Å². The number of amides is 1. The van der Waals surface area contributed by atoms with E-state index in [2.05, 4.69) is 28.1 Å². The second-order valence-corrected chi connectivity index (χ2v) is 7.80. The van der Waals surface area contributed by atoms with E-state index in [1.807, 2.05) is 36.4 Å². The molecule has 2 aromatic heterocycles. The first-order valence-corrected chi connectivity index (χ1v) is 10.7. The van der Waals surface area contributed by atoms with Crippen LogP contribution < -0.4 is 15.4 Å². The van der Waals surface area contributed by atoms with Crippen molar-refractivity contribution < 1.29 is 9.53 Å². The Labute approximate surface area is 185 Å². The number of fused-ring (bicyclic) bond motifs is 1. The fourth-order valence-electron chi connectivity index (χ4n) is 4.01. The van der Waals surface area contributed by atoms with Crippen molar-refractivity contribution in [2.24, 2.45) is 5.73 Å². The third-order valence-corrected chi connectivity index (χ3v) is 5.65. The number of nitrogens with zero attached hydrogens (tertiary/aromatic N) is 4. The summed E-state index contributed by atoms with van der Waals surface area (Å²) >= 11 is 0. The number of rotatable bonds is 5. The maximum Gasteiger partial charge on any atom is 0.267 e. The van der Waals surface area contributed by atoms with Crippen LogP contribution >= 0.6 is 0 Å². The van der Waals surface area contributed by atoms with Crippen molar-refractivity contribution >= 4 is 22.8 Å². The van der Waals surface area contributed by atoms with Gasteiger partial charge in [-0.15, -0.1) is 0 Å². The molecule has 3 heterocycles. The molecule has 5 rings (SSSR count). The number of benzene rings is 2. The SMILES string of the molecule is NC(=O)c1cc(OC2CCN(c3nc(-c4ccccc4)c4ccccc4n3)CC2)ccn1. The first kappa shape index (κ1) is 19.9. The lowest BCUT2D eigenvalue weighted by atomic mass is 10.1. The standard InChI is InChI=1S/C25H23N5O2/c26-24(31)22-16-19(10-13-27-22)32-18-11-14-30(15-12-18)25-28-21-9-5-4-8-20(21)23(29-25)17-6-2-1-3-7-17/h1-10,13,16,18H,11-12,14-15H2,(H2,26,31). The summed E-state index contributed by atoms with van der Waals surface area (Å²) in [5.41, 5.74) is 8.48. The van der Waals surface area contributed by atoms with Crippen molar-refractivity contribution in [2.75, 3.05) is 18.0 Å². The molecule has 1 amide bonds. The fourth-order valence-corrected chi connectivity index (χ4v) is 4.01. The van der Waals surface area contributed by atoms with Crippen LogP contribution in [0.5, 0.6) is 5.75 Å². The van der Waals surface area contributed by atoms with Gasteiger partial charge in [0.05, 0.1) is 11.2 Å². The van der Waals surface area contributed by atoms with Crippen LogP contribution in [0.1, 0.15) is 23.3 Å². The number of nitrogens with two attached hydrogens (primary N) is 1. The number of aromatic nitrogens is 3. The normalized spacial score (nSPS) is 14.4. The summed E-state index contributed by atoms with van der Waals surface area (Å²) < 4.78 is 6.08. The smallest absolute Gasteiger partial charge is 0.267 e. The van der Waals surface area contributed by atoms with Gasteiger partial charge >= 0.3 is 0 Å². The molecule has 1 fully saturated rings. The van der Waals surface area contributed by atoms with Crippen molar-refractivity contribution in [1.29, 1.82) is 0 Å². The Morgan fingerprint density at radius 1 is 0.969 bits per heavy atom. The second-order valence-electron chi connectivity index (χ2n) is 7.80. The number of hydrogen-bond acceptors (Lipinski definition) is 6. The van der Waals surface area contributed by atoms with Gasteiger partial charge in [0.15, 0.2) is 0 Å². The summed E-state index contributed by atoms with van der Waals surface area (Å²) in [6.07, 6.45) is 3.23. The van der Waals surface area contributed by atoms with Gasteiger partial charge in [-0.05, 0) is 12.1 Å².